The number of benzene rings is 1. The van der Waals surface area contributed by atoms with Gasteiger partial charge in [-0.2, -0.15) is 0 Å². The maximum Gasteiger partial charge on any atom is 0.278 e. The maximum atomic E-state index is 11.0. The van der Waals surface area contributed by atoms with Gasteiger partial charge in [0.25, 0.3) is 5.69 Å². The van der Waals surface area contributed by atoms with Gasteiger partial charge in [0.05, 0.1) is 16.0 Å². The Kier molecular flexibility index (Phi) is 6.14. The first-order chi connectivity index (χ1) is 9.24. The second-order valence-corrected chi connectivity index (χ2v) is 4.21. The van der Waals surface area contributed by atoms with Crippen molar-refractivity contribution in [1.82, 2.24) is 4.98 Å². The molecule has 0 radical (unpaired) electrons. The van der Waals surface area contributed by atoms with Gasteiger partial charge < -0.3 is 23.5 Å². The van der Waals surface area contributed by atoms with Gasteiger partial charge in [-0.1, -0.05) is 0 Å². The van der Waals surface area contributed by atoms with Crippen LogP contribution < -0.4 is 23.5 Å². The number of nitrogens with zero attached hydrogens (tertiary/aromatic N) is 2. The van der Waals surface area contributed by atoms with Crippen molar-refractivity contribution in [2.24, 2.45) is 5.73 Å². The third-order valence-electron chi connectivity index (χ3n) is 2.89. The zero-order valence-corrected chi connectivity index (χ0v) is 11.6. The highest BCUT2D eigenvalue weighted by molar-refractivity contribution is 5.96. The maximum absolute atomic E-state index is 11.0. The van der Waals surface area contributed by atoms with Crippen LogP contribution in [0.5, 0.6) is 0 Å². The van der Waals surface area contributed by atoms with Gasteiger partial charge in [-0.05, 0) is 37.6 Å². The first-order valence-electron chi connectivity index (χ1n) is 6.20. The molecule has 0 unspecified atom stereocenters. The van der Waals surface area contributed by atoms with E-state index in [1.807, 2.05) is 0 Å². The molecule has 0 saturated carbocycles. The van der Waals surface area contributed by atoms with Crippen LogP contribution in [0.3, 0.4) is 0 Å². The lowest BCUT2D eigenvalue weighted by atomic mass is 10.1. The number of hydrogen-bond acceptors (Lipinski definition) is 5. The molecular formula is C13H16ClN4O2-. The highest BCUT2D eigenvalue weighted by atomic mass is 35.5. The Labute approximate surface area is 122 Å². The molecule has 108 valence electrons. The van der Waals surface area contributed by atoms with Gasteiger partial charge in [-0.25, -0.2) is 0 Å². The molecule has 3 N–H and O–H groups in total. The summed E-state index contributed by atoms with van der Waals surface area (Å²) in [6.07, 6.45) is 3.55. The van der Waals surface area contributed by atoms with Crippen molar-refractivity contribution in [3.8, 4) is 0 Å². The van der Waals surface area contributed by atoms with Crippen LogP contribution in [0.15, 0.2) is 30.5 Å². The predicted molar refractivity (Wildman–Crippen MR) is 75.2 cm³/mol. The van der Waals surface area contributed by atoms with Crippen molar-refractivity contribution in [3.63, 3.8) is 0 Å². The van der Waals surface area contributed by atoms with E-state index < -0.39 is 0 Å². The molecule has 2 aromatic rings. The number of pyridine rings is 1. The molecule has 1 aromatic heterocycles. The number of aromatic nitrogens is 1. The Morgan fingerprint density at radius 1 is 1.30 bits per heavy atom. The summed E-state index contributed by atoms with van der Waals surface area (Å²) in [5.41, 5.74) is 6.96. The second-order valence-electron chi connectivity index (χ2n) is 4.21. The van der Waals surface area contributed by atoms with Crippen molar-refractivity contribution in [2.45, 2.75) is 12.8 Å². The first kappa shape index (κ1) is 16.1. The number of fused-ring (bicyclic) bond motifs is 1. The van der Waals surface area contributed by atoms with Crippen molar-refractivity contribution < 1.29 is 17.3 Å². The van der Waals surface area contributed by atoms with E-state index in [0.717, 1.165) is 25.1 Å². The molecule has 0 atom stereocenters. The fourth-order valence-corrected chi connectivity index (χ4v) is 1.95. The topological polar surface area (TPSA) is 94.1 Å². The van der Waals surface area contributed by atoms with Crippen molar-refractivity contribution in [1.29, 1.82) is 0 Å². The van der Waals surface area contributed by atoms with Crippen molar-refractivity contribution >= 4 is 22.3 Å². The molecule has 0 saturated heterocycles. The first-order valence-corrected chi connectivity index (χ1v) is 6.20. The third kappa shape index (κ3) is 3.55. The number of halogens is 1. The van der Waals surface area contributed by atoms with Crippen LogP contribution in [0.1, 0.15) is 12.8 Å². The molecule has 0 bridgehead atoms. The Bertz CT molecular complexity index is 592. The van der Waals surface area contributed by atoms with Gasteiger partial charge in [-0.15, -0.1) is 0 Å². The molecule has 0 aliphatic rings. The van der Waals surface area contributed by atoms with Gasteiger partial charge in [0, 0.05) is 18.8 Å². The Balaban J connectivity index is 0.00000200. The number of nitrogens with one attached hydrogen (secondary N) is 1. The van der Waals surface area contributed by atoms with Crippen LogP contribution in [0.2, 0.25) is 0 Å². The summed E-state index contributed by atoms with van der Waals surface area (Å²) >= 11 is 0. The molecule has 20 heavy (non-hydrogen) atoms. The molecule has 0 aliphatic carbocycles. The predicted octanol–water partition coefficient (Wildman–Crippen LogP) is -0.702. The molecule has 1 heterocycles. The summed E-state index contributed by atoms with van der Waals surface area (Å²) in [7, 11) is 0. The lowest BCUT2D eigenvalue weighted by Gasteiger charge is -2.08. The van der Waals surface area contributed by atoms with E-state index in [0.29, 0.717) is 17.4 Å². The van der Waals surface area contributed by atoms with Crippen molar-refractivity contribution in [3.05, 3.63) is 40.6 Å². The van der Waals surface area contributed by atoms with Crippen LogP contribution in [-0.4, -0.2) is 23.0 Å². The summed E-state index contributed by atoms with van der Waals surface area (Å²) in [5.74, 6) is 0. The van der Waals surface area contributed by atoms with E-state index in [9.17, 15) is 10.1 Å². The second kappa shape index (κ2) is 7.62. The van der Waals surface area contributed by atoms with E-state index in [1.54, 1.807) is 24.4 Å². The largest absolute Gasteiger partial charge is 1.00 e. The highest BCUT2D eigenvalue weighted by Gasteiger charge is 2.14. The SMILES string of the molecule is NCCCCNc1ccc([N+](=O)[O-])c2cccnc12.[Cl-]. The summed E-state index contributed by atoms with van der Waals surface area (Å²) in [6, 6.07) is 6.63. The summed E-state index contributed by atoms with van der Waals surface area (Å²) in [4.78, 5) is 14.8. The number of anilines is 1. The van der Waals surface area contributed by atoms with Gasteiger partial charge in [0.2, 0.25) is 0 Å². The number of nitrogens with two attached hydrogens (primary N) is 1. The van der Waals surface area contributed by atoms with Gasteiger partial charge in [0.15, 0.2) is 0 Å². The Morgan fingerprint density at radius 3 is 2.80 bits per heavy atom. The van der Waals surface area contributed by atoms with Crippen LogP contribution in [-0.2, 0) is 0 Å². The average molecular weight is 296 g/mol. The van der Waals surface area contributed by atoms with Gasteiger partial charge in [0.1, 0.15) is 5.52 Å². The minimum absolute atomic E-state index is 0. The van der Waals surface area contributed by atoms with Gasteiger partial charge in [-0.3, -0.25) is 15.1 Å². The quantitative estimate of drug-likeness (QED) is 0.417. The number of hydrogen-bond donors (Lipinski definition) is 2. The molecular weight excluding hydrogens is 280 g/mol. The Hall–Kier alpha value is -1.92. The zero-order chi connectivity index (χ0) is 13.7. The van der Waals surface area contributed by atoms with E-state index >= 15 is 0 Å². The minimum Gasteiger partial charge on any atom is -1.00 e. The number of rotatable bonds is 6. The van der Waals surface area contributed by atoms with Crippen LogP contribution in [0.4, 0.5) is 11.4 Å². The lowest BCUT2D eigenvalue weighted by molar-refractivity contribution is -0.383. The number of nitro benzene ring substituents is 1. The number of non-ortho nitro benzene ring substituents is 1. The molecule has 6 nitrogen and oxygen atoms in total. The standard InChI is InChI=1S/C13H16N4O2.ClH/c14-7-1-2-8-15-11-5-6-12(17(18)19)10-4-3-9-16-13(10)11;/h3-6,9,15H,1-2,7-8,14H2;1H/p-1. The number of unbranched alkanes of at least 4 members (excludes halogenated alkanes) is 1. The summed E-state index contributed by atoms with van der Waals surface area (Å²) < 4.78 is 0. The van der Waals surface area contributed by atoms with E-state index in [-0.39, 0.29) is 23.0 Å². The van der Waals surface area contributed by atoms with E-state index in [4.69, 9.17) is 5.73 Å². The third-order valence-corrected chi connectivity index (χ3v) is 2.89. The normalized spacial score (nSPS) is 10.1. The summed E-state index contributed by atoms with van der Waals surface area (Å²) in [6.45, 7) is 1.45. The minimum atomic E-state index is -0.387. The lowest BCUT2D eigenvalue weighted by Crippen LogP contribution is -3.00. The molecule has 0 fully saturated rings. The Morgan fingerprint density at radius 2 is 2.10 bits per heavy atom. The molecule has 0 spiro atoms. The fourth-order valence-electron chi connectivity index (χ4n) is 1.95. The summed E-state index contributed by atoms with van der Waals surface area (Å²) in [5, 5.41) is 14.8. The van der Waals surface area contributed by atoms with Crippen LogP contribution in [0.25, 0.3) is 10.9 Å². The zero-order valence-electron chi connectivity index (χ0n) is 10.9. The molecule has 7 heteroatoms. The highest BCUT2D eigenvalue weighted by Crippen LogP contribution is 2.29. The van der Waals surface area contributed by atoms with E-state index in [1.165, 1.54) is 6.07 Å². The molecule has 0 aliphatic heterocycles. The molecule has 1 aromatic carbocycles. The van der Waals surface area contributed by atoms with Gasteiger partial charge >= 0.3 is 0 Å². The average Bonchev–Trinajstić information content (AvgIpc) is 2.43. The molecule has 2 rings (SSSR count). The van der Waals surface area contributed by atoms with Crippen molar-refractivity contribution in [2.75, 3.05) is 18.4 Å². The fraction of sp³-hybridized carbons (Fsp3) is 0.308. The molecule has 0 amide bonds. The monoisotopic (exact) mass is 295 g/mol. The van der Waals surface area contributed by atoms with Crippen LogP contribution >= 0.6 is 0 Å². The van der Waals surface area contributed by atoms with Crippen LogP contribution in [0, 0.1) is 10.1 Å². The number of nitro groups is 1. The smallest absolute Gasteiger partial charge is 0.278 e. The van der Waals surface area contributed by atoms with E-state index in [2.05, 4.69) is 10.3 Å².